The summed E-state index contributed by atoms with van der Waals surface area (Å²) in [7, 11) is 1.19. The third-order valence-electron chi connectivity index (χ3n) is 1.96. The molecule has 2 N–H and O–H groups in total. The molecule has 0 bridgehead atoms. The van der Waals surface area contributed by atoms with Gasteiger partial charge in [0.15, 0.2) is 23.3 Å². The fourth-order valence-electron chi connectivity index (χ4n) is 1.21. The highest BCUT2D eigenvalue weighted by molar-refractivity contribution is 5.26. The highest BCUT2D eigenvalue weighted by atomic mass is 19.2. The predicted molar refractivity (Wildman–Crippen MR) is 45.0 cm³/mol. The van der Waals surface area contributed by atoms with Gasteiger partial charge in [0, 0.05) is 12.7 Å². The van der Waals surface area contributed by atoms with Crippen molar-refractivity contribution in [2.45, 2.75) is 6.04 Å². The van der Waals surface area contributed by atoms with E-state index >= 15 is 0 Å². The zero-order valence-electron chi connectivity index (χ0n) is 8.16. The van der Waals surface area contributed by atoms with Gasteiger partial charge in [0.1, 0.15) is 0 Å². The average Bonchev–Trinajstić information content (AvgIpc) is 2.24. The maximum Gasteiger partial charge on any atom is 0.200 e. The summed E-state index contributed by atoms with van der Waals surface area (Å²) in [6.45, 7) is -0.363. The lowest BCUT2D eigenvalue weighted by Crippen LogP contribution is -2.21. The Hall–Kier alpha value is -1.21. The lowest BCUT2D eigenvalue weighted by molar-refractivity contribution is 0.176. The predicted octanol–water partition coefficient (Wildman–Crippen LogP) is 2.03. The molecule has 1 aromatic rings. The number of rotatable bonds is 3. The van der Waals surface area contributed by atoms with Crippen molar-refractivity contribution in [3.63, 3.8) is 0 Å². The quantitative estimate of drug-likeness (QED) is 0.499. The number of halogens is 5. The van der Waals surface area contributed by atoms with Gasteiger partial charge in [-0.15, -0.1) is 0 Å². The van der Waals surface area contributed by atoms with Crippen LogP contribution >= 0.6 is 0 Å². The molecule has 1 atom stereocenters. The third kappa shape index (κ3) is 2.00. The van der Waals surface area contributed by atoms with Crippen molar-refractivity contribution in [3.05, 3.63) is 34.6 Å². The molecule has 16 heavy (non-hydrogen) atoms. The summed E-state index contributed by atoms with van der Waals surface area (Å²) in [5, 5.41) is 0. The second-order valence-corrected chi connectivity index (χ2v) is 3.05. The molecule has 0 spiro atoms. The lowest BCUT2D eigenvalue weighted by Gasteiger charge is -2.14. The van der Waals surface area contributed by atoms with Crippen LogP contribution in [0.1, 0.15) is 11.6 Å². The van der Waals surface area contributed by atoms with E-state index in [1.165, 1.54) is 7.11 Å². The summed E-state index contributed by atoms with van der Waals surface area (Å²) in [6.07, 6.45) is 0. The number of hydrogen-bond donors (Lipinski definition) is 1. The van der Waals surface area contributed by atoms with Crippen LogP contribution < -0.4 is 5.73 Å². The highest BCUT2D eigenvalue weighted by Gasteiger charge is 2.28. The fourth-order valence-corrected chi connectivity index (χ4v) is 1.21. The van der Waals surface area contributed by atoms with E-state index in [-0.39, 0.29) is 6.61 Å². The van der Waals surface area contributed by atoms with Crippen LogP contribution in [0.15, 0.2) is 0 Å². The van der Waals surface area contributed by atoms with Gasteiger partial charge >= 0.3 is 0 Å². The molecule has 0 aliphatic heterocycles. The van der Waals surface area contributed by atoms with E-state index in [1.54, 1.807) is 0 Å². The molecule has 7 heteroatoms. The average molecular weight is 241 g/mol. The largest absolute Gasteiger partial charge is 0.383 e. The van der Waals surface area contributed by atoms with Gasteiger partial charge < -0.3 is 10.5 Å². The molecule has 1 rings (SSSR count). The molecule has 0 aliphatic carbocycles. The number of ether oxygens (including phenoxy) is 1. The molecule has 0 saturated heterocycles. The van der Waals surface area contributed by atoms with Gasteiger partial charge in [0.2, 0.25) is 5.82 Å². The zero-order valence-corrected chi connectivity index (χ0v) is 8.16. The van der Waals surface area contributed by atoms with Crippen LogP contribution in [0.5, 0.6) is 0 Å². The van der Waals surface area contributed by atoms with Crippen molar-refractivity contribution >= 4 is 0 Å². The Bertz CT molecular complexity index is 380. The van der Waals surface area contributed by atoms with Crippen molar-refractivity contribution in [1.29, 1.82) is 0 Å². The molecule has 0 radical (unpaired) electrons. The molecule has 2 nitrogen and oxygen atoms in total. The van der Waals surface area contributed by atoms with Gasteiger partial charge in [-0.3, -0.25) is 0 Å². The minimum Gasteiger partial charge on any atom is -0.383 e. The second-order valence-electron chi connectivity index (χ2n) is 3.05. The van der Waals surface area contributed by atoms with Gasteiger partial charge in [-0.05, 0) is 0 Å². The minimum atomic E-state index is -2.21. The first-order valence-corrected chi connectivity index (χ1v) is 4.17. The molecule has 0 heterocycles. The number of benzene rings is 1. The first kappa shape index (κ1) is 12.9. The Morgan fingerprint density at radius 1 is 0.938 bits per heavy atom. The SMILES string of the molecule is COCC(N)c1c(F)c(F)c(F)c(F)c1F. The molecular formula is C9H8F5NO. The summed E-state index contributed by atoms with van der Waals surface area (Å²) >= 11 is 0. The van der Waals surface area contributed by atoms with Gasteiger partial charge in [-0.2, -0.15) is 0 Å². The van der Waals surface area contributed by atoms with Gasteiger partial charge in [0.05, 0.1) is 12.6 Å². The van der Waals surface area contributed by atoms with E-state index in [2.05, 4.69) is 4.74 Å². The van der Waals surface area contributed by atoms with Crippen LogP contribution in [0, 0.1) is 29.1 Å². The van der Waals surface area contributed by atoms with Crippen molar-refractivity contribution in [2.75, 3.05) is 13.7 Å². The van der Waals surface area contributed by atoms with Gasteiger partial charge in [-0.1, -0.05) is 0 Å². The Morgan fingerprint density at radius 2 is 1.31 bits per heavy atom. The van der Waals surface area contributed by atoms with Crippen LogP contribution in [0.2, 0.25) is 0 Å². The molecule has 0 aliphatic rings. The molecule has 1 unspecified atom stereocenters. The first-order chi connectivity index (χ1) is 7.41. The topological polar surface area (TPSA) is 35.2 Å². The zero-order chi connectivity index (χ0) is 12.5. The van der Waals surface area contributed by atoms with Crippen LogP contribution in [0.4, 0.5) is 22.0 Å². The summed E-state index contributed by atoms with van der Waals surface area (Å²) in [4.78, 5) is 0. The molecule has 1 aromatic carbocycles. The van der Waals surface area contributed by atoms with Crippen molar-refractivity contribution < 1.29 is 26.7 Å². The van der Waals surface area contributed by atoms with E-state index in [0.29, 0.717) is 0 Å². The van der Waals surface area contributed by atoms with Crippen molar-refractivity contribution in [2.24, 2.45) is 5.73 Å². The lowest BCUT2D eigenvalue weighted by atomic mass is 10.1. The monoisotopic (exact) mass is 241 g/mol. The number of methoxy groups -OCH3 is 1. The Morgan fingerprint density at radius 3 is 1.69 bits per heavy atom. The molecular weight excluding hydrogens is 233 g/mol. The summed E-state index contributed by atoms with van der Waals surface area (Å²) < 4.78 is 68.9. The first-order valence-electron chi connectivity index (χ1n) is 4.17. The van der Waals surface area contributed by atoms with Crippen LogP contribution in [0.3, 0.4) is 0 Å². The Balaban J connectivity index is 3.39. The summed E-state index contributed by atoms with van der Waals surface area (Å²) in [5.74, 6) is -10.1. The molecule has 0 amide bonds. The molecule has 0 fully saturated rings. The summed E-state index contributed by atoms with van der Waals surface area (Å²) in [6, 6.07) is -1.42. The van der Waals surface area contributed by atoms with Crippen LogP contribution in [-0.4, -0.2) is 13.7 Å². The smallest absolute Gasteiger partial charge is 0.200 e. The fraction of sp³-hybridized carbons (Fsp3) is 0.333. The molecule has 0 saturated carbocycles. The van der Waals surface area contributed by atoms with Crippen molar-refractivity contribution in [1.82, 2.24) is 0 Å². The van der Waals surface area contributed by atoms with E-state index < -0.39 is 40.7 Å². The third-order valence-corrected chi connectivity index (χ3v) is 1.96. The van der Waals surface area contributed by atoms with E-state index in [0.717, 1.165) is 0 Å². The maximum atomic E-state index is 13.1. The Labute approximate surface area is 87.8 Å². The maximum absolute atomic E-state index is 13.1. The Kier molecular flexibility index (Phi) is 3.82. The van der Waals surface area contributed by atoms with E-state index in [4.69, 9.17) is 5.73 Å². The van der Waals surface area contributed by atoms with Crippen LogP contribution in [-0.2, 0) is 4.74 Å². The van der Waals surface area contributed by atoms with Gasteiger partial charge in [-0.25, -0.2) is 22.0 Å². The minimum absolute atomic E-state index is 0.363. The summed E-state index contributed by atoms with van der Waals surface area (Å²) in [5.41, 5.74) is 4.16. The van der Waals surface area contributed by atoms with Crippen LogP contribution in [0.25, 0.3) is 0 Å². The van der Waals surface area contributed by atoms with Crippen molar-refractivity contribution in [3.8, 4) is 0 Å². The second kappa shape index (κ2) is 4.75. The normalized spacial score (nSPS) is 12.9. The van der Waals surface area contributed by atoms with Gasteiger partial charge in [0.25, 0.3) is 0 Å². The molecule has 0 aromatic heterocycles. The molecule has 90 valence electrons. The van der Waals surface area contributed by atoms with E-state index in [9.17, 15) is 22.0 Å². The van der Waals surface area contributed by atoms with E-state index in [1.807, 2.05) is 0 Å². The highest BCUT2D eigenvalue weighted by Crippen LogP contribution is 2.26. The standard InChI is InChI=1S/C9H8F5NO/c1-16-2-3(15)4-5(10)7(12)9(14)8(13)6(4)11/h3H,2,15H2,1H3. The number of hydrogen-bond acceptors (Lipinski definition) is 2. The number of nitrogens with two attached hydrogens (primary N) is 1.